The van der Waals surface area contributed by atoms with Crippen LogP contribution in [0.4, 0.5) is 0 Å². The molecule has 0 aliphatic rings. The molecule has 0 spiro atoms. The van der Waals surface area contributed by atoms with Crippen molar-refractivity contribution in [3.05, 3.63) is 0 Å². The summed E-state index contributed by atoms with van der Waals surface area (Å²) >= 11 is 8.53. The smallest absolute Gasteiger partial charge is 0.724 e. The van der Waals surface area contributed by atoms with Crippen molar-refractivity contribution in [2.45, 2.75) is 0 Å². The molecule has 0 radical (unpaired) electrons. The van der Waals surface area contributed by atoms with E-state index in [0.29, 0.717) is 0 Å². The molecule has 0 amide bonds. The van der Waals surface area contributed by atoms with Gasteiger partial charge in [0.25, 0.3) is 0 Å². The molecular weight excluding hydrogens is 318 g/mol. The molecule has 1 N–H and O–H groups in total. The zero-order valence-corrected chi connectivity index (χ0v) is 12.6. The predicted octanol–water partition coefficient (Wildman–Crippen LogP) is -3.49. The maximum atomic E-state index is 9.48. The summed E-state index contributed by atoms with van der Waals surface area (Å²) in [4.78, 5) is 0. The van der Waals surface area contributed by atoms with Crippen molar-refractivity contribution in [3.8, 4) is 0 Å². The van der Waals surface area contributed by atoms with Gasteiger partial charge in [0.15, 0.2) is 0 Å². The third-order valence-corrected chi connectivity index (χ3v) is 0.758. The van der Waals surface area contributed by atoms with E-state index in [2.05, 4.69) is 36.2 Å². The minimum absolute atomic E-state index is 0. The minimum atomic E-state index is -5.27. The maximum Gasteiger partial charge on any atom is 1.00 e. The molecule has 0 aromatic heterocycles. The van der Waals surface area contributed by atoms with Crippen molar-refractivity contribution in [2.24, 2.45) is 0 Å². The Morgan fingerprint density at radius 1 is 1.07 bits per heavy atom. The van der Waals surface area contributed by atoms with Gasteiger partial charge in [-0.1, -0.05) is 8.67 Å². The van der Waals surface area contributed by atoms with E-state index in [1.54, 1.807) is 0 Å². The Bertz CT molecular complexity index is 270. The monoisotopic (exact) mass is 318 g/mol. The van der Waals surface area contributed by atoms with Crippen molar-refractivity contribution in [2.75, 3.05) is 0 Å². The number of hydrogen-bond donors (Lipinski definition) is 1. The molecule has 0 aromatic rings. The second-order valence-corrected chi connectivity index (χ2v) is 3.44. The standard InChI is InChI=1S/Cl2O.K.H2O8S2/c1-3-2;;1-9(2,3)7-8-10(4,5)6/h;;(H,1,2,3)(H,4,5,6)/q;+1;/p-1. The average molecular weight is 319 g/mol. The summed E-state index contributed by atoms with van der Waals surface area (Å²) in [6, 6.07) is 0. The van der Waals surface area contributed by atoms with Crippen LogP contribution in [0.3, 0.4) is 0 Å². The Morgan fingerprint density at radius 2 is 1.36 bits per heavy atom. The SMILES string of the molecule is ClOCl.O=S(=O)([O-])OOS(=O)(=O)O.[K+]. The predicted molar refractivity (Wildman–Crippen MR) is 36.2 cm³/mol. The molecule has 14 heteroatoms. The maximum absolute atomic E-state index is 9.48. The van der Waals surface area contributed by atoms with E-state index in [4.69, 9.17) is 4.55 Å². The molecule has 0 heterocycles. The van der Waals surface area contributed by atoms with Crippen molar-refractivity contribution in [3.63, 3.8) is 0 Å². The van der Waals surface area contributed by atoms with Gasteiger partial charge in [-0.25, -0.2) is 8.42 Å². The summed E-state index contributed by atoms with van der Waals surface area (Å²) in [6.07, 6.45) is 0. The van der Waals surface area contributed by atoms with Gasteiger partial charge < -0.3 is 4.55 Å². The molecule has 14 heavy (non-hydrogen) atoms. The van der Waals surface area contributed by atoms with Crippen LogP contribution in [0.15, 0.2) is 0 Å². The van der Waals surface area contributed by atoms with E-state index in [-0.39, 0.29) is 51.4 Å². The van der Waals surface area contributed by atoms with Crippen molar-refractivity contribution in [1.82, 2.24) is 0 Å². The average Bonchev–Trinajstić information content (AvgIpc) is 1.82. The zero-order chi connectivity index (χ0) is 11.1. The fourth-order valence-electron chi connectivity index (χ4n) is 0.0691. The van der Waals surface area contributed by atoms with Gasteiger partial charge in [-0.05, 0) is 0 Å². The summed E-state index contributed by atoms with van der Waals surface area (Å²) in [5.41, 5.74) is 0. The Morgan fingerprint density at radius 3 is 1.43 bits per heavy atom. The van der Waals surface area contributed by atoms with E-state index in [1.165, 1.54) is 0 Å². The summed E-state index contributed by atoms with van der Waals surface area (Å²) in [6.45, 7) is 0. The third kappa shape index (κ3) is 29.2. The molecule has 0 saturated carbocycles. The first-order valence-corrected chi connectivity index (χ1v) is 5.14. The first kappa shape index (κ1) is 21.2. The third-order valence-electron chi connectivity index (χ3n) is 0.197. The Balaban J connectivity index is -0.000000267. The van der Waals surface area contributed by atoms with Crippen LogP contribution in [-0.2, 0) is 33.3 Å². The Hall–Kier alpha value is 1.92. The molecule has 82 valence electrons. The van der Waals surface area contributed by atoms with Gasteiger partial charge in [0.05, 0.1) is 23.7 Å². The largest absolute Gasteiger partial charge is 1.00 e. The molecule has 0 fully saturated rings. The molecule has 0 aliphatic carbocycles. The van der Waals surface area contributed by atoms with Gasteiger partial charge in [0, 0.05) is 0 Å². The molecule has 0 aromatic carbocycles. The van der Waals surface area contributed by atoms with Crippen LogP contribution < -0.4 is 51.4 Å². The van der Waals surface area contributed by atoms with Crippen molar-refractivity contribution >= 4 is 44.5 Å². The van der Waals surface area contributed by atoms with Gasteiger partial charge in [0.1, 0.15) is 0 Å². The summed E-state index contributed by atoms with van der Waals surface area (Å²) < 4.78 is 63.4. The fourth-order valence-corrected chi connectivity index (χ4v) is 0.622. The zero-order valence-electron chi connectivity index (χ0n) is 6.29. The quantitative estimate of drug-likeness (QED) is 0.184. The van der Waals surface area contributed by atoms with Crippen molar-refractivity contribution in [1.29, 1.82) is 0 Å². The van der Waals surface area contributed by atoms with Gasteiger partial charge in [-0.15, -0.1) is 0 Å². The molecule has 9 nitrogen and oxygen atoms in total. The Labute approximate surface area is 132 Å². The van der Waals surface area contributed by atoms with Crippen LogP contribution in [0.5, 0.6) is 0 Å². The molecule has 0 aliphatic heterocycles. The van der Waals surface area contributed by atoms with Crippen LogP contribution in [0.1, 0.15) is 0 Å². The number of halogens is 2. The fraction of sp³-hybridized carbons (Fsp3) is 0. The second-order valence-electron chi connectivity index (χ2n) is 1.03. The van der Waals surface area contributed by atoms with E-state index in [9.17, 15) is 21.4 Å². The van der Waals surface area contributed by atoms with Crippen LogP contribution in [0, 0.1) is 0 Å². The first-order chi connectivity index (χ1) is 5.62. The second kappa shape index (κ2) is 10.1. The summed E-state index contributed by atoms with van der Waals surface area (Å²) in [7, 11) is -10.3. The molecular formula is HCl2KO9S2. The van der Waals surface area contributed by atoms with Crippen LogP contribution in [0.2, 0.25) is 0 Å². The van der Waals surface area contributed by atoms with E-state index in [0.717, 1.165) is 0 Å². The normalized spacial score (nSPS) is 10.9. The van der Waals surface area contributed by atoms with Gasteiger partial charge >= 0.3 is 61.8 Å². The van der Waals surface area contributed by atoms with E-state index in [1.807, 2.05) is 0 Å². The number of rotatable bonds is 3. The molecule has 0 saturated heterocycles. The van der Waals surface area contributed by atoms with E-state index >= 15 is 0 Å². The first-order valence-electron chi connectivity index (χ1n) is 1.82. The molecule has 0 bridgehead atoms. The van der Waals surface area contributed by atoms with Gasteiger partial charge in [0.2, 0.25) is 10.4 Å². The molecule has 0 rings (SSSR count). The molecule has 0 unspecified atom stereocenters. The summed E-state index contributed by atoms with van der Waals surface area (Å²) in [5.74, 6) is 0. The van der Waals surface area contributed by atoms with Gasteiger partial charge in [-0.2, -0.15) is 12.3 Å². The Kier molecular flexibility index (Phi) is 15.3. The van der Waals surface area contributed by atoms with Crippen molar-refractivity contribution < 1.29 is 89.8 Å². The minimum Gasteiger partial charge on any atom is -0.724 e. The molecule has 0 atom stereocenters. The van der Waals surface area contributed by atoms with Crippen LogP contribution >= 0.6 is 23.7 Å². The topological polar surface area (TPSA) is 139 Å². The van der Waals surface area contributed by atoms with Gasteiger partial charge in [-0.3, -0.25) is 4.55 Å². The number of hydrogen-bond acceptors (Lipinski definition) is 8. The van der Waals surface area contributed by atoms with Crippen LogP contribution in [0.25, 0.3) is 0 Å². The van der Waals surface area contributed by atoms with E-state index < -0.39 is 20.8 Å². The summed E-state index contributed by atoms with van der Waals surface area (Å²) in [5, 5.41) is 0. The van der Waals surface area contributed by atoms with Crippen LogP contribution in [-0.4, -0.2) is 25.9 Å².